The Balaban J connectivity index is 0.00000361. The number of nitrogens with zero attached hydrogens (tertiary/aromatic N) is 1. The quantitative estimate of drug-likeness (QED) is 0.343. The third-order valence-electron chi connectivity index (χ3n) is 2.56. The highest BCUT2D eigenvalue weighted by Gasteiger charge is 2.10. The summed E-state index contributed by atoms with van der Waals surface area (Å²) in [4.78, 5) is 4.21. The van der Waals surface area contributed by atoms with Crippen LogP contribution in [0.3, 0.4) is 0 Å². The van der Waals surface area contributed by atoms with E-state index in [0.29, 0.717) is 0 Å². The summed E-state index contributed by atoms with van der Waals surface area (Å²) < 4.78 is 0. The van der Waals surface area contributed by atoms with E-state index in [1.807, 2.05) is 12.1 Å². The molecule has 114 valence electrons. The number of rotatable bonds is 4. The molecule has 0 aromatic heterocycles. The van der Waals surface area contributed by atoms with Gasteiger partial charge in [-0.1, -0.05) is 23.7 Å². The highest BCUT2D eigenvalue weighted by atomic mass is 127. The monoisotopic (exact) mass is 409 g/mol. The number of aliphatic imine (C=N–C) groups is 1. The number of benzene rings is 1. The van der Waals surface area contributed by atoms with Crippen molar-refractivity contribution in [3.05, 3.63) is 34.9 Å². The molecular formula is C15H25ClIN3. The summed E-state index contributed by atoms with van der Waals surface area (Å²) in [5.41, 5.74) is 1.34. The number of halogens is 2. The van der Waals surface area contributed by atoms with Crippen molar-refractivity contribution in [2.45, 2.75) is 39.2 Å². The van der Waals surface area contributed by atoms with Crippen LogP contribution in [0.4, 0.5) is 0 Å². The molecule has 0 radical (unpaired) electrons. The van der Waals surface area contributed by atoms with E-state index in [1.54, 1.807) is 7.05 Å². The second-order valence-corrected chi connectivity index (χ2v) is 6.04. The van der Waals surface area contributed by atoms with Gasteiger partial charge in [0.25, 0.3) is 0 Å². The minimum Gasteiger partial charge on any atom is -0.356 e. The molecule has 2 N–H and O–H groups in total. The molecule has 1 aromatic carbocycles. The van der Waals surface area contributed by atoms with Crippen molar-refractivity contribution in [3.8, 4) is 0 Å². The fraction of sp³-hybridized carbons (Fsp3) is 0.533. The van der Waals surface area contributed by atoms with Gasteiger partial charge in [-0.15, -0.1) is 24.0 Å². The molecule has 0 bridgehead atoms. The smallest absolute Gasteiger partial charge is 0.191 e. The predicted molar refractivity (Wildman–Crippen MR) is 99.4 cm³/mol. The summed E-state index contributed by atoms with van der Waals surface area (Å²) >= 11 is 5.86. The molecule has 5 heteroatoms. The van der Waals surface area contributed by atoms with E-state index < -0.39 is 0 Å². The van der Waals surface area contributed by atoms with Crippen LogP contribution in [0.15, 0.2) is 29.3 Å². The van der Waals surface area contributed by atoms with Gasteiger partial charge in [-0.3, -0.25) is 4.99 Å². The third-order valence-corrected chi connectivity index (χ3v) is 2.82. The van der Waals surface area contributed by atoms with Gasteiger partial charge in [-0.25, -0.2) is 0 Å². The largest absolute Gasteiger partial charge is 0.356 e. The molecule has 3 nitrogen and oxygen atoms in total. The summed E-state index contributed by atoms with van der Waals surface area (Å²) in [6, 6.07) is 8.02. The van der Waals surface area contributed by atoms with Crippen molar-refractivity contribution >= 4 is 41.5 Å². The first-order chi connectivity index (χ1) is 8.90. The van der Waals surface area contributed by atoms with Gasteiger partial charge in [-0.2, -0.15) is 0 Å². The Kier molecular flexibility index (Phi) is 9.22. The van der Waals surface area contributed by atoms with E-state index in [0.717, 1.165) is 30.4 Å². The predicted octanol–water partition coefficient (Wildman–Crippen LogP) is 3.85. The summed E-state index contributed by atoms with van der Waals surface area (Å²) in [6.45, 7) is 7.26. The average Bonchev–Trinajstić information content (AvgIpc) is 2.34. The molecule has 0 saturated carbocycles. The van der Waals surface area contributed by atoms with Crippen molar-refractivity contribution in [3.63, 3.8) is 0 Å². The zero-order chi connectivity index (χ0) is 14.3. The molecule has 0 spiro atoms. The lowest BCUT2D eigenvalue weighted by molar-refractivity contribution is 0.501. The minimum absolute atomic E-state index is 0. The van der Waals surface area contributed by atoms with Gasteiger partial charge in [0.05, 0.1) is 0 Å². The highest BCUT2D eigenvalue weighted by Crippen LogP contribution is 2.10. The normalized spacial score (nSPS) is 11.8. The lowest BCUT2D eigenvalue weighted by atomic mass is 10.1. The van der Waals surface area contributed by atoms with Crippen LogP contribution >= 0.6 is 35.6 Å². The maximum atomic E-state index is 5.86. The zero-order valence-corrected chi connectivity index (χ0v) is 15.8. The molecular weight excluding hydrogens is 385 g/mol. The van der Waals surface area contributed by atoms with Crippen LogP contribution in [-0.2, 0) is 6.42 Å². The zero-order valence-electron chi connectivity index (χ0n) is 12.7. The maximum absolute atomic E-state index is 5.86. The molecule has 0 saturated heterocycles. The Morgan fingerprint density at radius 3 is 2.30 bits per heavy atom. The Hall–Kier alpha value is -0.490. The van der Waals surface area contributed by atoms with Crippen molar-refractivity contribution in [1.29, 1.82) is 0 Å². The van der Waals surface area contributed by atoms with Gasteiger partial charge in [0.1, 0.15) is 0 Å². The molecule has 0 aliphatic rings. The van der Waals surface area contributed by atoms with Gasteiger partial charge in [-0.05, 0) is 51.3 Å². The van der Waals surface area contributed by atoms with Crippen LogP contribution in [0.5, 0.6) is 0 Å². The first-order valence-corrected chi connectivity index (χ1v) is 7.02. The van der Waals surface area contributed by atoms with Crippen LogP contribution in [0.25, 0.3) is 0 Å². The molecule has 0 heterocycles. The van der Waals surface area contributed by atoms with Gasteiger partial charge in [0, 0.05) is 24.2 Å². The Morgan fingerprint density at radius 2 is 1.80 bits per heavy atom. The van der Waals surface area contributed by atoms with Gasteiger partial charge in [0.2, 0.25) is 0 Å². The van der Waals surface area contributed by atoms with Gasteiger partial charge >= 0.3 is 0 Å². The van der Waals surface area contributed by atoms with Crippen LogP contribution in [0.2, 0.25) is 5.02 Å². The summed E-state index contributed by atoms with van der Waals surface area (Å²) in [5, 5.41) is 7.44. The highest BCUT2D eigenvalue weighted by molar-refractivity contribution is 14.0. The fourth-order valence-electron chi connectivity index (χ4n) is 1.68. The average molecular weight is 410 g/mol. The lowest BCUT2D eigenvalue weighted by Crippen LogP contribution is -2.47. The molecule has 0 unspecified atom stereocenters. The summed E-state index contributed by atoms with van der Waals surface area (Å²) in [5.74, 6) is 0.851. The lowest BCUT2D eigenvalue weighted by Gasteiger charge is -2.23. The van der Waals surface area contributed by atoms with Crippen LogP contribution in [-0.4, -0.2) is 25.1 Å². The summed E-state index contributed by atoms with van der Waals surface area (Å²) in [6.07, 6.45) is 2.10. The molecule has 1 rings (SSSR count). The SMILES string of the molecule is CN=C(NCCCc1ccc(Cl)cc1)NC(C)(C)C.I. The molecule has 20 heavy (non-hydrogen) atoms. The Bertz CT molecular complexity index is 410. The molecule has 0 aliphatic heterocycles. The number of guanidine groups is 1. The van der Waals surface area contributed by atoms with Crippen molar-refractivity contribution in [1.82, 2.24) is 10.6 Å². The van der Waals surface area contributed by atoms with Crippen LogP contribution in [0, 0.1) is 0 Å². The van der Waals surface area contributed by atoms with Crippen LogP contribution < -0.4 is 10.6 Å². The number of nitrogens with one attached hydrogen (secondary N) is 2. The Labute approximate surface area is 144 Å². The maximum Gasteiger partial charge on any atom is 0.191 e. The standard InChI is InChI=1S/C15H24ClN3.HI/c1-15(2,3)19-14(17-4)18-11-5-6-12-7-9-13(16)10-8-12;/h7-10H,5-6,11H2,1-4H3,(H2,17,18,19);1H. The number of hydrogen-bond acceptors (Lipinski definition) is 1. The van der Waals surface area contributed by atoms with E-state index in [1.165, 1.54) is 5.56 Å². The minimum atomic E-state index is 0. The van der Waals surface area contributed by atoms with Crippen molar-refractivity contribution in [2.24, 2.45) is 4.99 Å². The van der Waals surface area contributed by atoms with E-state index in [2.05, 4.69) is 48.5 Å². The molecule has 0 atom stereocenters. The Morgan fingerprint density at radius 1 is 1.20 bits per heavy atom. The molecule has 0 amide bonds. The fourth-order valence-corrected chi connectivity index (χ4v) is 1.81. The molecule has 0 aliphatic carbocycles. The van der Waals surface area contributed by atoms with E-state index in [-0.39, 0.29) is 29.5 Å². The first kappa shape index (κ1) is 19.5. The van der Waals surface area contributed by atoms with Gasteiger partial charge in [0.15, 0.2) is 5.96 Å². The molecule has 1 aromatic rings. The first-order valence-electron chi connectivity index (χ1n) is 6.64. The van der Waals surface area contributed by atoms with E-state index in [4.69, 9.17) is 11.6 Å². The number of hydrogen-bond donors (Lipinski definition) is 2. The summed E-state index contributed by atoms with van der Waals surface area (Å²) in [7, 11) is 1.79. The van der Waals surface area contributed by atoms with E-state index >= 15 is 0 Å². The second kappa shape index (κ2) is 9.45. The topological polar surface area (TPSA) is 36.4 Å². The molecule has 0 fully saturated rings. The number of aryl methyl sites for hydroxylation is 1. The van der Waals surface area contributed by atoms with Crippen LogP contribution in [0.1, 0.15) is 32.8 Å². The van der Waals surface area contributed by atoms with Crippen molar-refractivity contribution < 1.29 is 0 Å². The van der Waals surface area contributed by atoms with E-state index in [9.17, 15) is 0 Å². The third kappa shape index (κ3) is 8.64. The van der Waals surface area contributed by atoms with Gasteiger partial charge < -0.3 is 10.6 Å². The second-order valence-electron chi connectivity index (χ2n) is 5.60. The van der Waals surface area contributed by atoms with Crippen molar-refractivity contribution in [2.75, 3.05) is 13.6 Å².